The van der Waals surface area contributed by atoms with Gasteiger partial charge in [0.2, 0.25) is 5.28 Å². The first-order valence-electron chi connectivity index (χ1n) is 8.22. The Balaban J connectivity index is 2.04. The molecule has 1 aromatic rings. The van der Waals surface area contributed by atoms with Crippen LogP contribution in [0.15, 0.2) is 6.07 Å². The smallest absolute Gasteiger partial charge is 0.224 e. The Morgan fingerprint density at radius 2 is 2.00 bits per heavy atom. The van der Waals surface area contributed by atoms with Crippen molar-refractivity contribution < 1.29 is 13.2 Å². The average Bonchev–Trinajstić information content (AvgIpc) is 3.28. The molecule has 0 N–H and O–H groups in total. The van der Waals surface area contributed by atoms with Crippen LogP contribution in [0.2, 0.25) is 5.28 Å². The minimum Gasteiger partial charge on any atom is -0.377 e. The van der Waals surface area contributed by atoms with Crippen molar-refractivity contribution in [2.75, 3.05) is 24.7 Å². The molecule has 1 aliphatic heterocycles. The first-order chi connectivity index (χ1) is 11.1. The zero-order valence-electron chi connectivity index (χ0n) is 14.5. The summed E-state index contributed by atoms with van der Waals surface area (Å²) in [7, 11) is -3.39. The van der Waals surface area contributed by atoms with Gasteiger partial charge in [-0.2, -0.15) is 0 Å². The number of hydrogen-bond donors (Lipinski definition) is 0. The summed E-state index contributed by atoms with van der Waals surface area (Å²) in [5.74, 6) is 0.677. The molecule has 3 rings (SSSR count). The standard InChI is InChI=1S/C16H24ClN3O3S/c1-11-10-23-8-7-20(11)13-9-12(18-14(17)19-13)16(5-6-16)24(21,22)15(2,3)4/h9,11H,5-8,10H2,1-4H3/t11-/m0/s1. The number of anilines is 1. The summed E-state index contributed by atoms with van der Waals surface area (Å²) >= 11 is 6.14. The second-order valence-corrected chi connectivity index (χ2v) is 11.0. The lowest BCUT2D eigenvalue weighted by atomic mass is 10.2. The quantitative estimate of drug-likeness (QED) is 0.758. The van der Waals surface area contributed by atoms with Gasteiger partial charge in [-0.3, -0.25) is 0 Å². The topological polar surface area (TPSA) is 72.4 Å². The number of rotatable bonds is 3. The molecule has 1 saturated carbocycles. The van der Waals surface area contributed by atoms with E-state index in [4.69, 9.17) is 16.3 Å². The van der Waals surface area contributed by atoms with Crippen LogP contribution in [0.5, 0.6) is 0 Å². The molecule has 24 heavy (non-hydrogen) atoms. The summed E-state index contributed by atoms with van der Waals surface area (Å²) in [6.07, 6.45) is 1.16. The van der Waals surface area contributed by atoms with E-state index in [1.807, 2.05) is 6.92 Å². The lowest BCUT2D eigenvalue weighted by Gasteiger charge is -2.35. The summed E-state index contributed by atoms with van der Waals surface area (Å²) in [5.41, 5.74) is 0.520. The van der Waals surface area contributed by atoms with Crippen molar-refractivity contribution in [2.45, 2.75) is 56.1 Å². The maximum atomic E-state index is 13.1. The molecule has 6 nitrogen and oxygen atoms in total. The molecule has 2 fully saturated rings. The number of hydrogen-bond acceptors (Lipinski definition) is 6. The van der Waals surface area contributed by atoms with Gasteiger partial charge in [-0.25, -0.2) is 18.4 Å². The van der Waals surface area contributed by atoms with E-state index >= 15 is 0 Å². The van der Waals surface area contributed by atoms with Gasteiger partial charge in [0.25, 0.3) is 0 Å². The Kier molecular flexibility index (Phi) is 4.33. The van der Waals surface area contributed by atoms with Crippen LogP contribution in [0.1, 0.15) is 46.2 Å². The Bertz CT molecular complexity index is 741. The van der Waals surface area contributed by atoms with E-state index in [0.29, 0.717) is 44.1 Å². The van der Waals surface area contributed by atoms with E-state index in [2.05, 4.69) is 14.9 Å². The first kappa shape index (κ1) is 17.9. The molecule has 0 bridgehead atoms. The Morgan fingerprint density at radius 1 is 1.33 bits per heavy atom. The number of ether oxygens (including phenoxy) is 1. The van der Waals surface area contributed by atoms with E-state index in [0.717, 1.165) is 0 Å². The molecule has 0 spiro atoms. The second-order valence-electron chi connectivity index (χ2n) is 7.61. The summed E-state index contributed by atoms with van der Waals surface area (Å²) < 4.78 is 29.8. The largest absolute Gasteiger partial charge is 0.377 e. The van der Waals surface area contributed by atoms with Gasteiger partial charge in [-0.05, 0) is 52.1 Å². The van der Waals surface area contributed by atoms with Crippen LogP contribution < -0.4 is 4.90 Å². The Hall–Kier alpha value is -0.920. The second kappa shape index (κ2) is 5.81. The molecule has 0 unspecified atom stereocenters. The third-order valence-corrected chi connectivity index (χ3v) is 8.27. The number of halogens is 1. The van der Waals surface area contributed by atoms with Crippen LogP contribution in [0.4, 0.5) is 5.82 Å². The molecule has 2 aliphatic rings. The SMILES string of the molecule is C[C@H]1COCCN1c1cc(C2(S(=O)(=O)C(C)(C)C)CC2)nc(Cl)n1. The monoisotopic (exact) mass is 373 g/mol. The van der Waals surface area contributed by atoms with Gasteiger partial charge < -0.3 is 9.64 Å². The first-order valence-corrected chi connectivity index (χ1v) is 10.1. The molecular formula is C16H24ClN3O3S. The summed E-state index contributed by atoms with van der Waals surface area (Å²) in [6.45, 7) is 9.18. The van der Waals surface area contributed by atoms with E-state index < -0.39 is 19.3 Å². The van der Waals surface area contributed by atoms with Gasteiger partial charge in [-0.15, -0.1) is 0 Å². The van der Waals surface area contributed by atoms with Crippen molar-refractivity contribution in [1.29, 1.82) is 0 Å². The van der Waals surface area contributed by atoms with Gasteiger partial charge >= 0.3 is 0 Å². The van der Waals surface area contributed by atoms with E-state index in [9.17, 15) is 8.42 Å². The molecule has 8 heteroatoms. The maximum absolute atomic E-state index is 13.1. The molecule has 0 amide bonds. The highest BCUT2D eigenvalue weighted by molar-refractivity contribution is 7.94. The highest BCUT2D eigenvalue weighted by atomic mass is 35.5. The minimum absolute atomic E-state index is 0.0941. The van der Waals surface area contributed by atoms with Gasteiger partial charge in [0, 0.05) is 12.6 Å². The van der Waals surface area contributed by atoms with Crippen LogP contribution in [-0.2, 0) is 19.3 Å². The highest BCUT2D eigenvalue weighted by Crippen LogP contribution is 2.56. The zero-order chi connectivity index (χ0) is 17.8. The molecule has 2 heterocycles. The summed E-state index contributed by atoms with van der Waals surface area (Å²) in [4.78, 5) is 10.7. The fourth-order valence-corrected chi connectivity index (χ4v) is 5.59. The zero-order valence-corrected chi connectivity index (χ0v) is 16.1. The predicted molar refractivity (Wildman–Crippen MR) is 94.3 cm³/mol. The number of aromatic nitrogens is 2. The van der Waals surface area contributed by atoms with Crippen LogP contribution >= 0.6 is 11.6 Å². The lowest BCUT2D eigenvalue weighted by Crippen LogP contribution is -2.44. The van der Waals surface area contributed by atoms with E-state index in [1.54, 1.807) is 26.8 Å². The van der Waals surface area contributed by atoms with Crippen LogP contribution in [-0.4, -0.2) is 48.9 Å². The Labute approximate surface area is 148 Å². The molecule has 0 aromatic carbocycles. The third kappa shape index (κ3) is 2.80. The van der Waals surface area contributed by atoms with Crippen molar-refractivity contribution in [2.24, 2.45) is 0 Å². The number of nitrogens with zero attached hydrogens (tertiary/aromatic N) is 3. The third-order valence-electron chi connectivity index (χ3n) is 4.84. The van der Waals surface area contributed by atoms with Crippen molar-refractivity contribution in [3.05, 3.63) is 17.0 Å². The molecule has 1 aliphatic carbocycles. The van der Waals surface area contributed by atoms with Crippen LogP contribution in [0, 0.1) is 0 Å². The number of morpholine rings is 1. The van der Waals surface area contributed by atoms with Crippen molar-refractivity contribution in [1.82, 2.24) is 9.97 Å². The molecule has 1 atom stereocenters. The maximum Gasteiger partial charge on any atom is 0.224 e. The molecular weight excluding hydrogens is 350 g/mol. The summed E-state index contributed by atoms with van der Waals surface area (Å²) in [6, 6.07) is 1.95. The van der Waals surface area contributed by atoms with Crippen molar-refractivity contribution >= 4 is 27.3 Å². The lowest BCUT2D eigenvalue weighted by molar-refractivity contribution is 0.0985. The van der Waals surface area contributed by atoms with Crippen molar-refractivity contribution in [3.8, 4) is 0 Å². The van der Waals surface area contributed by atoms with Crippen LogP contribution in [0.25, 0.3) is 0 Å². The van der Waals surface area contributed by atoms with Gasteiger partial charge in [-0.1, -0.05) is 0 Å². The normalized spacial score (nSPS) is 24.0. The van der Waals surface area contributed by atoms with Gasteiger partial charge in [0.1, 0.15) is 10.6 Å². The summed E-state index contributed by atoms with van der Waals surface area (Å²) in [5, 5.41) is 0.0941. The van der Waals surface area contributed by atoms with Gasteiger partial charge in [0.05, 0.1) is 29.7 Å². The molecule has 134 valence electrons. The van der Waals surface area contributed by atoms with Crippen LogP contribution in [0.3, 0.4) is 0 Å². The minimum atomic E-state index is -3.39. The van der Waals surface area contributed by atoms with E-state index in [-0.39, 0.29) is 11.3 Å². The Morgan fingerprint density at radius 3 is 2.54 bits per heavy atom. The van der Waals surface area contributed by atoms with Crippen molar-refractivity contribution in [3.63, 3.8) is 0 Å². The van der Waals surface area contributed by atoms with E-state index in [1.165, 1.54) is 0 Å². The molecule has 1 aromatic heterocycles. The fourth-order valence-electron chi connectivity index (χ4n) is 3.22. The average molecular weight is 374 g/mol. The van der Waals surface area contributed by atoms with Gasteiger partial charge in [0.15, 0.2) is 9.84 Å². The fraction of sp³-hybridized carbons (Fsp3) is 0.750. The molecule has 1 saturated heterocycles. The highest BCUT2D eigenvalue weighted by Gasteiger charge is 2.61. The number of sulfone groups is 1. The predicted octanol–water partition coefficient (Wildman–Crippen LogP) is 2.56. The molecule has 0 radical (unpaired) electrons.